The Hall–Kier alpha value is -1.16. The molecule has 94 valence electrons. The Labute approximate surface area is 116 Å². The lowest BCUT2D eigenvalue weighted by atomic mass is 10.3. The van der Waals surface area contributed by atoms with Crippen LogP contribution < -0.4 is 0 Å². The van der Waals surface area contributed by atoms with E-state index < -0.39 is 0 Å². The number of rotatable bonds is 6. The van der Waals surface area contributed by atoms with Crippen LogP contribution in [0.25, 0.3) is 6.08 Å². The first kappa shape index (κ1) is 13.3. The minimum absolute atomic E-state index is 0.436. The first-order chi connectivity index (χ1) is 8.88. The van der Waals surface area contributed by atoms with Crippen LogP contribution >= 0.6 is 22.9 Å². The third-order valence-corrected chi connectivity index (χ3v) is 3.29. The number of ether oxygens (including phenoxy) is 1. The molecule has 0 spiro atoms. The second-order valence-corrected chi connectivity index (χ2v) is 4.78. The Morgan fingerprint density at radius 3 is 2.94 bits per heavy atom. The summed E-state index contributed by atoms with van der Waals surface area (Å²) in [5, 5.41) is 4.16. The topological polar surface area (TPSA) is 22.1 Å². The molecule has 0 aromatic carbocycles. The van der Waals surface area contributed by atoms with Gasteiger partial charge in [0.2, 0.25) is 0 Å². The number of nitrogens with zero attached hydrogens (tertiary/aromatic N) is 1. The van der Waals surface area contributed by atoms with E-state index in [-0.39, 0.29) is 0 Å². The molecule has 0 radical (unpaired) electrons. The number of halogens is 1. The van der Waals surface area contributed by atoms with Crippen molar-refractivity contribution in [2.24, 2.45) is 0 Å². The Balaban J connectivity index is 1.75. The molecule has 0 aliphatic carbocycles. The molecular formula is C14H14ClNOS. The van der Waals surface area contributed by atoms with Gasteiger partial charge >= 0.3 is 0 Å². The number of pyridine rings is 1. The van der Waals surface area contributed by atoms with E-state index in [1.165, 1.54) is 5.56 Å². The highest BCUT2D eigenvalue weighted by atomic mass is 35.5. The van der Waals surface area contributed by atoms with Gasteiger partial charge in [-0.05, 0) is 34.5 Å². The highest BCUT2D eigenvalue weighted by Gasteiger charge is 1.96. The van der Waals surface area contributed by atoms with Crippen molar-refractivity contribution in [3.05, 3.63) is 58.1 Å². The van der Waals surface area contributed by atoms with Crippen LogP contribution in [-0.4, -0.2) is 11.6 Å². The number of aromatic nitrogens is 1. The average Bonchev–Trinajstić information content (AvgIpc) is 2.92. The van der Waals surface area contributed by atoms with Gasteiger partial charge in [-0.2, -0.15) is 11.3 Å². The maximum absolute atomic E-state index is 5.73. The van der Waals surface area contributed by atoms with Gasteiger partial charge in [-0.1, -0.05) is 18.2 Å². The fraction of sp³-hybridized carbons (Fsp3) is 0.214. The van der Waals surface area contributed by atoms with Crippen molar-refractivity contribution in [3.8, 4) is 0 Å². The SMILES string of the molecule is ClCc1cccc(COC/C=C/c2ccsc2)n1. The van der Waals surface area contributed by atoms with E-state index in [9.17, 15) is 0 Å². The van der Waals surface area contributed by atoms with Gasteiger partial charge in [-0.15, -0.1) is 11.6 Å². The van der Waals surface area contributed by atoms with Crippen molar-refractivity contribution >= 4 is 29.0 Å². The highest BCUT2D eigenvalue weighted by molar-refractivity contribution is 7.08. The predicted molar refractivity (Wildman–Crippen MR) is 76.8 cm³/mol. The predicted octanol–water partition coefficient (Wildman–Crippen LogP) is 4.11. The summed E-state index contributed by atoms with van der Waals surface area (Å²) in [7, 11) is 0. The van der Waals surface area contributed by atoms with E-state index >= 15 is 0 Å². The van der Waals surface area contributed by atoms with Crippen molar-refractivity contribution in [2.45, 2.75) is 12.5 Å². The molecular weight excluding hydrogens is 266 g/mol. The van der Waals surface area contributed by atoms with Crippen LogP contribution in [0.4, 0.5) is 0 Å². The number of alkyl halides is 1. The Kier molecular flexibility index (Phi) is 5.39. The van der Waals surface area contributed by atoms with Gasteiger partial charge < -0.3 is 4.74 Å². The van der Waals surface area contributed by atoms with E-state index in [0.29, 0.717) is 19.1 Å². The fourth-order valence-corrected chi connectivity index (χ4v) is 2.25. The summed E-state index contributed by atoms with van der Waals surface area (Å²) >= 11 is 7.42. The van der Waals surface area contributed by atoms with E-state index in [1.54, 1.807) is 11.3 Å². The molecule has 2 nitrogen and oxygen atoms in total. The van der Waals surface area contributed by atoms with E-state index in [2.05, 4.69) is 27.9 Å². The molecule has 18 heavy (non-hydrogen) atoms. The second-order valence-electron chi connectivity index (χ2n) is 3.73. The number of thiophene rings is 1. The lowest BCUT2D eigenvalue weighted by Gasteiger charge is -2.02. The number of hydrogen-bond donors (Lipinski definition) is 0. The maximum atomic E-state index is 5.73. The van der Waals surface area contributed by atoms with Gasteiger partial charge in [0.25, 0.3) is 0 Å². The van der Waals surface area contributed by atoms with Gasteiger partial charge in [0.1, 0.15) is 0 Å². The largest absolute Gasteiger partial charge is 0.371 e. The van der Waals surface area contributed by atoms with Gasteiger partial charge in [-0.3, -0.25) is 4.98 Å². The van der Waals surface area contributed by atoms with Gasteiger partial charge in [0, 0.05) is 0 Å². The van der Waals surface area contributed by atoms with Gasteiger partial charge in [0.15, 0.2) is 0 Å². The summed E-state index contributed by atoms with van der Waals surface area (Å²) in [4.78, 5) is 4.36. The molecule has 0 aliphatic heterocycles. The Morgan fingerprint density at radius 2 is 2.17 bits per heavy atom. The summed E-state index contributed by atoms with van der Waals surface area (Å²) in [5.41, 5.74) is 3.01. The van der Waals surface area contributed by atoms with Crippen molar-refractivity contribution in [1.82, 2.24) is 4.98 Å². The zero-order valence-electron chi connectivity index (χ0n) is 9.88. The molecule has 4 heteroatoms. The molecule has 0 unspecified atom stereocenters. The standard InChI is InChI=1S/C14H14ClNOS/c15-9-13-4-1-5-14(16-13)10-17-7-2-3-12-6-8-18-11-12/h1-6,8,11H,7,9-10H2/b3-2+. The Bertz CT molecular complexity index is 496. The number of hydrogen-bond acceptors (Lipinski definition) is 3. The summed E-state index contributed by atoms with van der Waals surface area (Å²) in [5.74, 6) is 0.436. The summed E-state index contributed by atoms with van der Waals surface area (Å²) in [6, 6.07) is 7.88. The monoisotopic (exact) mass is 279 g/mol. The normalized spacial score (nSPS) is 11.2. The minimum atomic E-state index is 0.436. The molecule has 0 atom stereocenters. The van der Waals surface area contributed by atoms with Crippen LogP contribution in [0.15, 0.2) is 41.1 Å². The first-order valence-electron chi connectivity index (χ1n) is 5.66. The fourth-order valence-electron chi connectivity index (χ4n) is 1.47. The molecule has 0 saturated carbocycles. The first-order valence-corrected chi connectivity index (χ1v) is 7.13. The lowest BCUT2D eigenvalue weighted by molar-refractivity contribution is 0.146. The van der Waals surface area contributed by atoms with Crippen LogP contribution in [0.2, 0.25) is 0 Å². The van der Waals surface area contributed by atoms with Crippen LogP contribution in [0.1, 0.15) is 17.0 Å². The smallest absolute Gasteiger partial charge is 0.0892 e. The summed E-state index contributed by atoms with van der Waals surface area (Å²) < 4.78 is 5.53. The Morgan fingerprint density at radius 1 is 1.28 bits per heavy atom. The van der Waals surface area contributed by atoms with Crippen LogP contribution in [0, 0.1) is 0 Å². The molecule has 2 aromatic rings. The van der Waals surface area contributed by atoms with Crippen LogP contribution in [0.5, 0.6) is 0 Å². The second kappa shape index (κ2) is 7.31. The van der Waals surface area contributed by atoms with Crippen molar-refractivity contribution in [3.63, 3.8) is 0 Å². The molecule has 0 bridgehead atoms. The van der Waals surface area contributed by atoms with E-state index in [1.807, 2.05) is 24.3 Å². The molecule has 2 aromatic heterocycles. The molecule has 2 rings (SSSR count). The molecule has 0 amide bonds. The molecule has 0 N–H and O–H groups in total. The molecule has 2 heterocycles. The maximum Gasteiger partial charge on any atom is 0.0892 e. The van der Waals surface area contributed by atoms with E-state index in [4.69, 9.17) is 16.3 Å². The molecule has 0 aliphatic rings. The quantitative estimate of drug-likeness (QED) is 0.586. The zero-order chi connectivity index (χ0) is 12.6. The third-order valence-electron chi connectivity index (χ3n) is 2.32. The zero-order valence-corrected chi connectivity index (χ0v) is 11.5. The third kappa shape index (κ3) is 4.26. The van der Waals surface area contributed by atoms with Gasteiger partial charge in [0.05, 0.1) is 30.5 Å². The minimum Gasteiger partial charge on any atom is -0.371 e. The van der Waals surface area contributed by atoms with Gasteiger partial charge in [-0.25, -0.2) is 0 Å². The molecule has 0 fully saturated rings. The summed E-state index contributed by atoms with van der Waals surface area (Å²) in [6.07, 6.45) is 4.06. The average molecular weight is 280 g/mol. The van der Waals surface area contributed by atoms with E-state index in [0.717, 1.165) is 11.4 Å². The van der Waals surface area contributed by atoms with Crippen molar-refractivity contribution < 1.29 is 4.74 Å². The van der Waals surface area contributed by atoms with Crippen molar-refractivity contribution in [1.29, 1.82) is 0 Å². The van der Waals surface area contributed by atoms with Crippen LogP contribution in [0.3, 0.4) is 0 Å². The molecule has 0 saturated heterocycles. The summed E-state index contributed by atoms with van der Waals surface area (Å²) in [6.45, 7) is 1.10. The highest BCUT2D eigenvalue weighted by Crippen LogP contribution is 2.08. The lowest BCUT2D eigenvalue weighted by Crippen LogP contribution is -1.97. The van der Waals surface area contributed by atoms with Crippen LogP contribution in [-0.2, 0) is 17.2 Å². The van der Waals surface area contributed by atoms with Crippen molar-refractivity contribution in [2.75, 3.05) is 6.61 Å².